The molecule has 80 valence electrons. The number of amides is 1. The van der Waals surface area contributed by atoms with Crippen molar-refractivity contribution in [2.24, 2.45) is 22.9 Å². The third-order valence-corrected chi connectivity index (χ3v) is 3.10. The molecule has 0 unspecified atom stereocenters. The number of esters is 2. The second-order valence-corrected chi connectivity index (χ2v) is 3.89. The maximum Gasteiger partial charge on any atom is 0.317 e. The van der Waals surface area contributed by atoms with Gasteiger partial charge in [0, 0.05) is 11.1 Å². The molecule has 1 amide bonds. The van der Waals surface area contributed by atoms with Crippen LogP contribution in [0.3, 0.4) is 0 Å². The van der Waals surface area contributed by atoms with Crippen molar-refractivity contribution >= 4 is 17.8 Å². The first-order valence-corrected chi connectivity index (χ1v) is 4.76. The van der Waals surface area contributed by atoms with Crippen LogP contribution in [0.5, 0.6) is 0 Å². The Hall–Kier alpha value is -1.59. The molecule has 3 atom stereocenters. The minimum atomic E-state index is -0.736. The summed E-state index contributed by atoms with van der Waals surface area (Å²) < 4.78 is 4.47. The minimum absolute atomic E-state index is 0.208. The van der Waals surface area contributed by atoms with E-state index >= 15 is 0 Å². The van der Waals surface area contributed by atoms with Gasteiger partial charge in [-0.1, -0.05) is 0 Å². The lowest BCUT2D eigenvalue weighted by Crippen LogP contribution is -2.30. The molecule has 1 saturated heterocycles. The SMILES string of the molecule is O=NC(=O)[C@H]1CC[C@H]2C(=O)OC(=O)[C@H]2C1. The van der Waals surface area contributed by atoms with E-state index < -0.39 is 35.6 Å². The van der Waals surface area contributed by atoms with E-state index in [-0.39, 0.29) is 6.42 Å². The Balaban J connectivity index is 2.12. The summed E-state index contributed by atoms with van der Waals surface area (Å²) in [6, 6.07) is 0. The van der Waals surface area contributed by atoms with Gasteiger partial charge in [0.2, 0.25) is 0 Å². The molecule has 0 aromatic heterocycles. The number of cyclic esters (lactones) is 2. The molecule has 2 rings (SSSR count). The fourth-order valence-electron chi connectivity index (χ4n) is 2.26. The summed E-state index contributed by atoms with van der Waals surface area (Å²) in [6.07, 6.45) is 1.05. The fourth-order valence-corrected chi connectivity index (χ4v) is 2.26. The molecule has 0 aromatic rings. The van der Waals surface area contributed by atoms with E-state index in [9.17, 15) is 19.3 Å². The predicted molar refractivity (Wildman–Crippen MR) is 46.2 cm³/mol. The van der Waals surface area contributed by atoms with Crippen LogP contribution in [-0.4, -0.2) is 17.8 Å². The Kier molecular flexibility index (Phi) is 2.34. The number of nitroso groups, excluding NO2 is 1. The number of fused-ring (bicyclic) bond motifs is 1. The maximum absolute atomic E-state index is 11.2. The van der Waals surface area contributed by atoms with Crippen molar-refractivity contribution < 1.29 is 19.1 Å². The van der Waals surface area contributed by atoms with E-state index in [1.807, 2.05) is 0 Å². The van der Waals surface area contributed by atoms with Crippen molar-refractivity contribution in [3.8, 4) is 0 Å². The van der Waals surface area contributed by atoms with Crippen molar-refractivity contribution in [2.45, 2.75) is 19.3 Å². The Labute approximate surface area is 84.9 Å². The molecule has 0 aromatic carbocycles. The minimum Gasteiger partial charge on any atom is -0.393 e. The molecular formula is C9H9NO5. The molecule has 0 bridgehead atoms. The number of carbonyl (C=O) groups is 3. The number of rotatable bonds is 1. The topological polar surface area (TPSA) is 89.9 Å². The van der Waals surface area contributed by atoms with Gasteiger partial charge in [0.1, 0.15) is 0 Å². The largest absolute Gasteiger partial charge is 0.393 e. The van der Waals surface area contributed by atoms with E-state index in [1.165, 1.54) is 0 Å². The molecule has 2 aliphatic rings. The highest BCUT2D eigenvalue weighted by Gasteiger charge is 2.48. The van der Waals surface area contributed by atoms with Crippen LogP contribution in [0.1, 0.15) is 19.3 Å². The van der Waals surface area contributed by atoms with Gasteiger partial charge < -0.3 is 4.74 Å². The molecular weight excluding hydrogens is 202 g/mol. The van der Waals surface area contributed by atoms with E-state index in [2.05, 4.69) is 9.91 Å². The van der Waals surface area contributed by atoms with Crippen LogP contribution < -0.4 is 0 Å². The number of carbonyl (C=O) groups excluding carboxylic acids is 3. The summed E-state index contributed by atoms with van der Waals surface area (Å²) in [5.74, 6) is -3.32. The van der Waals surface area contributed by atoms with Crippen LogP contribution in [0.15, 0.2) is 5.18 Å². The normalized spacial score (nSPS) is 34.5. The Morgan fingerprint density at radius 3 is 2.53 bits per heavy atom. The quantitative estimate of drug-likeness (QED) is 0.355. The van der Waals surface area contributed by atoms with Crippen LogP contribution in [0.4, 0.5) is 0 Å². The summed E-state index contributed by atoms with van der Waals surface area (Å²) in [6.45, 7) is 0. The van der Waals surface area contributed by atoms with Gasteiger partial charge >= 0.3 is 11.9 Å². The van der Waals surface area contributed by atoms with E-state index in [1.54, 1.807) is 0 Å². The second-order valence-electron chi connectivity index (χ2n) is 3.89. The lowest BCUT2D eigenvalue weighted by molar-refractivity contribution is -0.153. The molecule has 1 saturated carbocycles. The van der Waals surface area contributed by atoms with Crippen molar-refractivity contribution in [3.63, 3.8) is 0 Å². The molecule has 2 fully saturated rings. The van der Waals surface area contributed by atoms with E-state index in [4.69, 9.17) is 0 Å². The van der Waals surface area contributed by atoms with Gasteiger partial charge in [-0.05, 0) is 19.3 Å². The van der Waals surface area contributed by atoms with Gasteiger partial charge in [-0.3, -0.25) is 14.4 Å². The zero-order chi connectivity index (χ0) is 11.0. The number of nitrogens with zero attached hydrogens (tertiary/aromatic N) is 1. The van der Waals surface area contributed by atoms with Crippen LogP contribution in [0.25, 0.3) is 0 Å². The molecule has 1 aliphatic carbocycles. The first kappa shape index (κ1) is 9.95. The molecule has 0 N–H and O–H groups in total. The lowest BCUT2D eigenvalue weighted by Gasteiger charge is -2.24. The second kappa shape index (κ2) is 3.52. The Morgan fingerprint density at radius 1 is 1.20 bits per heavy atom. The lowest BCUT2D eigenvalue weighted by atomic mass is 9.75. The molecule has 6 heteroatoms. The van der Waals surface area contributed by atoms with Gasteiger partial charge in [-0.25, -0.2) is 0 Å². The van der Waals surface area contributed by atoms with Gasteiger partial charge in [-0.15, -0.1) is 4.91 Å². The average Bonchev–Trinajstić information content (AvgIpc) is 2.53. The van der Waals surface area contributed by atoms with Crippen LogP contribution in [-0.2, 0) is 19.1 Å². The number of ether oxygens (including phenoxy) is 1. The molecule has 0 spiro atoms. The molecule has 1 heterocycles. The summed E-state index contributed by atoms with van der Waals surface area (Å²) >= 11 is 0. The van der Waals surface area contributed by atoms with Crippen molar-refractivity contribution in [3.05, 3.63) is 4.91 Å². The fraction of sp³-hybridized carbons (Fsp3) is 0.667. The predicted octanol–water partition coefficient (Wildman–Crippen LogP) is 0.395. The third kappa shape index (κ3) is 1.55. The summed E-state index contributed by atoms with van der Waals surface area (Å²) in [4.78, 5) is 43.5. The van der Waals surface area contributed by atoms with Crippen molar-refractivity contribution in [1.82, 2.24) is 0 Å². The molecule has 6 nitrogen and oxygen atoms in total. The summed E-state index contributed by atoms with van der Waals surface area (Å²) in [7, 11) is 0. The van der Waals surface area contributed by atoms with Crippen molar-refractivity contribution in [2.75, 3.05) is 0 Å². The molecule has 0 radical (unpaired) electrons. The van der Waals surface area contributed by atoms with Crippen LogP contribution >= 0.6 is 0 Å². The zero-order valence-corrected chi connectivity index (χ0v) is 7.84. The number of hydrogen-bond acceptors (Lipinski definition) is 5. The monoisotopic (exact) mass is 211 g/mol. The smallest absolute Gasteiger partial charge is 0.317 e. The van der Waals surface area contributed by atoms with Gasteiger partial charge in [0.25, 0.3) is 5.91 Å². The summed E-state index contributed by atoms with van der Waals surface area (Å²) in [5, 5.41) is 2.34. The highest BCUT2D eigenvalue weighted by atomic mass is 16.6. The first-order chi connectivity index (χ1) is 7.13. The highest BCUT2D eigenvalue weighted by molar-refractivity contribution is 5.97. The maximum atomic E-state index is 11.2. The third-order valence-electron chi connectivity index (χ3n) is 3.10. The van der Waals surface area contributed by atoms with Gasteiger partial charge in [0.05, 0.1) is 11.8 Å². The molecule has 15 heavy (non-hydrogen) atoms. The number of hydrogen-bond donors (Lipinski definition) is 0. The Bertz CT molecular complexity index is 350. The van der Waals surface area contributed by atoms with E-state index in [0.717, 1.165) is 0 Å². The van der Waals surface area contributed by atoms with Crippen LogP contribution in [0, 0.1) is 22.7 Å². The zero-order valence-electron chi connectivity index (χ0n) is 7.84. The summed E-state index contributed by atoms with van der Waals surface area (Å²) in [5.41, 5.74) is 0. The highest BCUT2D eigenvalue weighted by Crippen LogP contribution is 2.39. The van der Waals surface area contributed by atoms with Crippen molar-refractivity contribution in [1.29, 1.82) is 0 Å². The van der Waals surface area contributed by atoms with Gasteiger partial charge in [-0.2, -0.15) is 0 Å². The Morgan fingerprint density at radius 2 is 1.87 bits per heavy atom. The van der Waals surface area contributed by atoms with Gasteiger partial charge in [0.15, 0.2) is 0 Å². The van der Waals surface area contributed by atoms with E-state index in [0.29, 0.717) is 12.8 Å². The molecule has 1 aliphatic heterocycles. The van der Waals surface area contributed by atoms with Crippen LogP contribution in [0.2, 0.25) is 0 Å². The standard InChI is InChI=1S/C9H9NO5/c11-7(10-14)4-1-2-5-6(3-4)9(13)15-8(5)12/h4-6H,1-3H2/t4-,5+,6-/m0/s1. The first-order valence-electron chi connectivity index (χ1n) is 4.76. The average molecular weight is 211 g/mol.